The number of aliphatic hydroxyl groups excluding tert-OH is 2. The first kappa shape index (κ1) is 56.1. The van der Waals surface area contributed by atoms with Crippen LogP contribution in [-0.2, 0) is 37.5 Å². The van der Waals surface area contributed by atoms with Gasteiger partial charge in [-0.25, -0.2) is 4.57 Å². The van der Waals surface area contributed by atoms with E-state index in [0.29, 0.717) is 49.6 Å². The van der Waals surface area contributed by atoms with Crippen molar-refractivity contribution in [2.75, 3.05) is 47.5 Å². The number of phosphoric ester groups is 1. The lowest BCUT2D eigenvalue weighted by atomic mass is 9.90. The molecule has 61 heavy (non-hydrogen) atoms. The number of ether oxygens (including phenoxy) is 2. The van der Waals surface area contributed by atoms with Crippen molar-refractivity contribution >= 4 is 25.5 Å². The van der Waals surface area contributed by atoms with Crippen molar-refractivity contribution in [2.24, 2.45) is 11.8 Å². The first-order valence-corrected chi connectivity index (χ1v) is 24.3. The van der Waals surface area contributed by atoms with Crippen LogP contribution in [0, 0.1) is 11.8 Å². The van der Waals surface area contributed by atoms with Crippen molar-refractivity contribution in [3.63, 3.8) is 0 Å². The summed E-state index contributed by atoms with van der Waals surface area (Å²) in [6.07, 6.45) is 36.1. The Hall–Kier alpha value is -2.96. The third-order valence-corrected chi connectivity index (χ3v) is 11.1. The van der Waals surface area contributed by atoms with Gasteiger partial charge < -0.3 is 29.1 Å². The molecule has 1 unspecified atom stereocenters. The Bertz CT molecular complexity index is 1430. The minimum absolute atomic E-state index is 0.0285. The Morgan fingerprint density at radius 2 is 1.33 bits per heavy atom. The summed E-state index contributed by atoms with van der Waals surface area (Å²) in [6, 6.07) is 0. The molecule has 1 fully saturated rings. The molecule has 0 spiro atoms. The number of carbonyl (C=O) groups excluding carboxylic acids is 3. The van der Waals surface area contributed by atoms with Gasteiger partial charge in [0.05, 0.1) is 40.0 Å². The molecule has 0 bridgehead atoms. The maximum Gasteiger partial charge on any atom is 0.472 e. The van der Waals surface area contributed by atoms with Crippen LogP contribution in [0.4, 0.5) is 0 Å². The zero-order valence-corrected chi connectivity index (χ0v) is 39.0. The van der Waals surface area contributed by atoms with Crippen LogP contribution in [0.3, 0.4) is 0 Å². The zero-order valence-electron chi connectivity index (χ0n) is 38.1. The highest BCUT2D eigenvalue weighted by molar-refractivity contribution is 7.47. The van der Waals surface area contributed by atoms with Gasteiger partial charge in [0.2, 0.25) is 0 Å². The number of nitrogens with zero attached hydrogens (tertiary/aromatic N) is 1. The van der Waals surface area contributed by atoms with E-state index in [0.717, 1.165) is 44.9 Å². The molecule has 0 aromatic rings. The maximum absolute atomic E-state index is 12.8. The smallest absolute Gasteiger partial charge is 0.462 e. The number of rotatable bonds is 36. The highest BCUT2D eigenvalue weighted by Gasteiger charge is 2.39. The Balaban J connectivity index is 2.55. The van der Waals surface area contributed by atoms with Crippen molar-refractivity contribution in [1.82, 2.24) is 0 Å². The average Bonchev–Trinajstić information content (AvgIpc) is 3.47. The summed E-state index contributed by atoms with van der Waals surface area (Å²) in [6.45, 7) is 3.89. The lowest BCUT2D eigenvalue weighted by Gasteiger charge is -2.24. The molecule has 0 aromatic carbocycles. The van der Waals surface area contributed by atoms with Crippen LogP contribution in [0.25, 0.3) is 0 Å². The predicted octanol–water partition coefficient (Wildman–Crippen LogP) is 9.61. The van der Waals surface area contributed by atoms with Gasteiger partial charge in [-0.1, -0.05) is 119 Å². The summed E-state index contributed by atoms with van der Waals surface area (Å²) in [5.41, 5.74) is 0. The van der Waals surface area contributed by atoms with E-state index in [4.69, 9.17) is 18.5 Å². The van der Waals surface area contributed by atoms with Crippen molar-refractivity contribution in [3.05, 3.63) is 72.9 Å². The normalized spacial score (nSPS) is 19.7. The molecule has 0 radical (unpaired) electrons. The van der Waals surface area contributed by atoms with Gasteiger partial charge in [-0.05, 0) is 70.6 Å². The molecule has 0 aliphatic heterocycles. The zero-order chi connectivity index (χ0) is 45.2. The molecule has 1 rings (SSSR count). The van der Waals surface area contributed by atoms with Gasteiger partial charge in [-0.3, -0.25) is 23.4 Å². The molecule has 0 amide bonds. The molecule has 1 aliphatic carbocycles. The summed E-state index contributed by atoms with van der Waals surface area (Å²) in [5.74, 6) is -1.84. The van der Waals surface area contributed by atoms with Crippen LogP contribution in [-0.4, -0.2) is 103 Å². The van der Waals surface area contributed by atoms with Crippen LogP contribution in [0.1, 0.15) is 136 Å². The van der Waals surface area contributed by atoms with Crippen LogP contribution in [0.2, 0.25) is 0 Å². The average molecular weight is 879 g/mol. The van der Waals surface area contributed by atoms with Crippen molar-refractivity contribution in [3.8, 4) is 0 Å². The van der Waals surface area contributed by atoms with Crippen LogP contribution >= 0.6 is 7.82 Å². The summed E-state index contributed by atoms with van der Waals surface area (Å²) >= 11 is 0. The SMILES string of the molecule is CCCCC/C=C\C/C=C\C/C=C\C/C=C\CCCC(=O)OC[C@H](COP(=O)(O)OCC[N+](C)(C)C)OC(=O)CCC/C=C\C[C@H]1[C@@H](O)CC(=O)[C@@H]1/C=C/[C@@H](O)CCCCC. The largest absolute Gasteiger partial charge is 0.472 e. The fraction of sp³-hybridized carbons (Fsp3) is 0.688. The number of esters is 2. The van der Waals surface area contributed by atoms with Gasteiger partial charge in [0.15, 0.2) is 6.10 Å². The van der Waals surface area contributed by atoms with Gasteiger partial charge in [0.1, 0.15) is 25.5 Å². The van der Waals surface area contributed by atoms with Crippen molar-refractivity contribution < 1.29 is 57.1 Å². The molecule has 348 valence electrons. The molecule has 0 saturated heterocycles. The Labute approximate surface area is 368 Å². The summed E-state index contributed by atoms with van der Waals surface area (Å²) < 4.78 is 34.2. The second-order valence-electron chi connectivity index (χ2n) is 16.9. The molecule has 1 saturated carbocycles. The van der Waals surface area contributed by atoms with E-state index in [9.17, 15) is 34.1 Å². The summed E-state index contributed by atoms with van der Waals surface area (Å²) in [7, 11) is 1.27. The first-order chi connectivity index (χ1) is 29.2. The van der Waals surface area contributed by atoms with Gasteiger partial charge in [0, 0.05) is 31.1 Å². The fourth-order valence-corrected chi connectivity index (χ4v) is 7.14. The molecule has 0 heterocycles. The molecule has 0 aromatic heterocycles. The molecule has 13 heteroatoms. The van der Waals surface area contributed by atoms with Gasteiger partial charge in [-0.2, -0.15) is 0 Å². The standard InChI is InChI=1S/C48H80NO11P/c1-6-8-10-11-12-13-14-15-16-17-18-19-20-21-22-23-28-32-47(53)57-39-42(40-59-61(55,56)58-37-36-49(3,4)5)60-48(54)33-29-25-24-27-31-43-44(46(52)38-45(43)51)35-34-41(50)30-26-9-7-2/h12-13,15-16,18-19,21-22,24,27,34-35,41-45,50-51H,6-11,14,17,20,23,25-26,28-33,36-40H2,1-5H3/p+1/b13-12-,16-15-,19-18-,22-21-,27-24-,35-34+/t41-,42+,43+,44+,45-/m0/s1. The lowest BCUT2D eigenvalue weighted by Crippen LogP contribution is -2.37. The highest BCUT2D eigenvalue weighted by atomic mass is 31.2. The van der Waals surface area contributed by atoms with Crippen LogP contribution in [0.5, 0.6) is 0 Å². The Morgan fingerprint density at radius 1 is 0.770 bits per heavy atom. The number of ketones is 1. The quantitative estimate of drug-likeness (QED) is 0.0180. The molecule has 1 aliphatic rings. The van der Waals surface area contributed by atoms with Gasteiger partial charge in [0.25, 0.3) is 0 Å². The number of likely N-dealkylation sites (N-methyl/N-ethyl adjacent to an activating group) is 1. The number of unbranched alkanes of at least 4 members (excludes halogenated alkanes) is 7. The van der Waals surface area contributed by atoms with Crippen molar-refractivity contribution in [1.29, 1.82) is 0 Å². The number of carbonyl (C=O) groups is 3. The fourth-order valence-electron chi connectivity index (χ4n) is 6.40. The maximum atomic E-state index is 12.8. The van der Waals surface area contributed by atoms with Crippen LogP contribution in [0.15, 0.2) is 72.9 Å². The van der Waals surface area contributed by atoms with E-state index in [1.807, 2.05) is 39.4 Å². The van der Waals surface area contributed by atoms with Gasteiger partial charge in [-0.15, -0.1) is 0 Å². The minimum atomic E-state index is -4.47. The van der Waals surface area contributed by atoms with E-state index in [1.54, 1.807) is 12.2 Å². The van der Waals surface area contributed by atoms with Crippen LogP contribution < -0.4 is 0 Å². The van der Waals surface area contributed by atoms with E-state index in [-0.39, 0.29) is 44.2 Å². The van der Waals surface area contributed by atoms with Gasteiger partial charge >= 0.3 is 19.8 Å². The monoisotopic (exact) mass is 879 g/mol. The van der Waals surface area contributed by atoms with E-state index < -0.39 is 50.6 Å². The third kappa shape index (κ3) is 31.5. The minimum Gasteiger partial charge on any atom is -0.462 e. The number of phosphoric acid groups is 1. The lowest BCUT2D eigenvalue weighted by molar-refractivity contribution is -0.870. The Kier molecular flexibility index (Phi) is 31.7. The number of quaternary nitrogens is 1. The van der Waals surface area contributed by atoms with E-state index in [1.165, 1.54) is 19.3 Å². The van der Waals surface area contributed by atoms with E-state index >= 15 is 0 Å². The number of hydrogen-bond donors (Lipinski definition) is 3. The molecule has 3 N–H and O–H groups in total. The number of hydrogen-bond acceptors (Lipinski definition) is 10. The Morgan fingerprint density at radius 3 is 1.93 bits per heavy atom. The summed E-state index contributed by atoms with van der Waals surface area (Å²) in [4.78, 5) is 48.1. The summed E-state index contributed by atoms with van der Waals surface area (Å²) in [5, 5.41) is 20.8. The number of allylic oxidation sites excluding steroid dienone is 11. The molecule has 6 atom stereocenters. The van der Waals surface area contributed by atoms with E-state index in [2.05, 4.69) is 56.4 Å². The molecular formula is C48H81NO11P+. The predicted molar refractivity (Wildman–Crippen MR) is 243 cm³/mol. The number of Topliss-reactive ketones (excluding diaryl/α,β-unsaturated/α-hetero) is 1. The first-order valence-electron chi connectivity index (χ1n) is 22.8. The highest BCUT2D eigenvalue weighted by Crippen LogP contribution is 2.43. The topological polar surface area (TPSA) is 166 Å². The number of aliphatic hydroxyl groups is 2. The molecular weight excluding hydrogens is 797 g/mol. The second kappa shape index (κ2) is 34.5. The third-order valence-electron chi connectivity index (χ3n) is 10.1. The van der Waals surface area contributed by atoms with Crippen molar-refractivity contribution in [2.45, 2.75) is 154 Å². The second-order valence-corrected chi connectivity index (χ2v) is 18.3. The molecule has 12 nitrogen and oxygen atoms in total.